The number of aliphatic hydroxyl groups excluding tert-OH is 1. The van der Waals surface area contributed by atoms with E-state index in [1.54, 1.807) is 31.0 Å². The summed E-state index contributed by atoms with van der Waals surface area (Å²) in [4.78, 5) is 43.2. The molecule has 1 aliphatic heterocycles. The third-order valence-electron chi connectivity index (χ3n) is 8.27. The number of amides is 1. The van der Waals surface area contributed by atoms with Crippen LogP contribution in [0.2, 0.25) is 0 Å². The Balaban J connectivity index is 1.69. The predicted octanol–water partition coefficient (Wildman–Crippen LogP) is 2.41. The van der Waals surface area contributed by atoms with Crippen molar-refractivity contribution in [2.75, 3.05) is 33.7 Å². The number of aliphatic hydroxyl groups is 1. The quantitative estimate of drug-likeness (QED) is 0.526. The first kappa shape index (κ1) is 25.3. The molecule has 2 aliphatic carbocycles. The van der Waals surface area contributed by atoms with Gasteiger partial charge in [0.2, 0.25) is 5.91 Å². The number of ether oxygens (including phenoxy) is 1. The van der Waals surface area contributed by atoms with Gasteiger partial charge in [0.15, 0.2) is 5.78 Å². The Morgan fingerprint density at radius 3 is 2.60 bits per heavy atom. The van der Waals surface area contributed by atoms with E-state index in [-0.39, 0.29) is 23.5 Å². The Morgan fingerprint density at radius 2 is 1.89 bits per heavy atom. The molecule has 7 nitrogen and oxygen atoms in total. The predicted molar refractivity (Wildman–Crippen MR) is 133 cm³/mol. The van der Waals surface area contributed by atoms with Gasteiger partial charge in [-0.05, 0) is 49.9 Å². The molecular formula is C28H36N2O5. The van der Waals surface area contributed by atoms with Gasteiger partial charge in [-0.1, -0.05) is 43.3 Å². The molecule has 1 aromatic carbocycles. The van der Waals surface area contributed by atoms with Crippen LogP contribution in [0.25, 0.3) is 6.08 Å². The fraction of sp³-hybridized carbons (Fsp3) is 0.536. The van der Waals surface area contributed by atoms with Crippen LogP contribution in [0.1, 0.15) is 25.8 Å². The van der Waals surface area contributed by atoms with E-state index >= 15 is 0 Å². The highest BCUT2D eigenvalue weighted by molar-refractivity contribution is 5.98. The zero-order valence-corrected chi connectivity index (χ0v) is 21.0. The lowest BCUT2D eigenvalue weighted by molar-refractivity contribution is -0.161. The van der Waals surface area contributed by atoms with E-state index in [1.165, 1.54) is 6.08 Å². The molecule has 7 heteroatoms. The SMILES string of the molecule is C[C@@H]1C[C@@H](OC(=O)/C=C/c2ccccc2)[C@@H](C2CN(C)CCN(C)C2=O)[C@H](O)[C@]2(C)C(=O)C=C[C@@H]12. The van der Waals surface area contributed by atoms with Gasteiger partial charge in [0.05, 0.1) is 17.4 Å². The van der Waals surface area contributed by atoms with Crippen molar-refractivity contribution in [3.05, 3.63) is 54.1 Å². The molecule has 0 aromatic heterocycles. The molecule has 35 heavy (non-hydrogen) atoms. The van der Waals surface area contributed by atoms with Crippen LogP contribution >= 0.6 is 0 Å². The number of nitrogens with zero attached hydrogens (tertiary/aromatic N) is 2. The Labute approximate surface area is 207 Å². The summed E-state index contributed by atoms with van der Waals surface area (Å²) in [6, 6.07) is 9.46. The van der Waals surface area contributed by atoms with Crippen LogP contribution in [0.3, 0.4) is 0 Å². The minimum atomic E-state index is -1.13. The van der Waals surface area contributed by atoms with Crippen molar-refractivity contribution in [3.8, 4) is 0 Å². The molecule has 188 valence electrons. The van der Waals surface area contributed by atoms with Crippen molar-refractivity contribution in [3.63, 3.8) is 0 Å². The molecule has 1 aromatic rings. The molecule has 7 atom stereocenters. The smallest absolute Gasteiger partial charge is 0.331 e. The number of benzene rings is 1. The maximum absolute atomic E-state index is 13.5. The van der Waals surface area contributed by atoms with Crippen molar-refractivity contribution in [1.29, 1.82) is 0 Å². The number of esters is 1. The molecule has 2 fully saturated rings. The second-order valence-electron chi connectivity index (χ2n) is 10.6. The van der Waals surface area contributed by atoms with Gasteiger partial charge >= 0.3 is 5.97 Å². The minimum absolute atomic E-state index is 0.0189. The fourth-order valence-electron chi connectivity index (χ4n) is 6.16. The summed E-state index contributed by atoms with van der Waals surface area (Å²) < 4.78 is 5.99. The van der Waals surface area contributed by atoms with Crippen LogP contribution in [-0.2, 0) is 19.1 Å². The van der Waals surface area contributed by atoms with Gasteiger partial charge in [0.25, 0.3) is 0 Å². The molecule has 1 N–H and O–H groups in total. The van der Waals surface area contributed by atoms with Crippen molar-refractivity contribution in [2.45, 2.75) is 32.5 Å². The maximum Gasteiger partial charge on any atom is 0.331 e. The van der Waals surface area contributed by atoms with Crippen molar-refractivity contribution in [1.82, 2.24) is 9.80 Å². The van der Waals surface area contributed by atoms with E-state index in [9.17, 15) is 19.5 Å². The lowest BCUT2D eigenvalue weighted by Crippen LogP contribution is -2.53. The first-order valence-electron chi connectivity index (χ1n) is 12.4. The van der Waals surface area contributed by atoms with E-state index in [2.05, 4.69) is 4.90 Å². The molecule has 0 bridgehead atoms. The Morgan fingerprint density at radius 1 is 1.17 bits per heavy atom. The summed E-state index contributed by atoms with van der Waals surface area (Å²) in [6.07, 6.45) is 5.13. The minimum Gasteiger partial charge on any atom is -0.459 e. The van der Waals surface area contributed by atoms with Crippen LogP contribution in [0, 0.1) is 29.1 Å². The fourth-order valence-corrected chi connectivity index (χ4v) is 6.16. The van der Waals surface area contributed by atoms with E-state index in [0.717, 1.165) is 5.56 Å². The van der Waals surface area contributed by atoms with Crippen molar-refractivity contribution in [2.24, 2.45) is 29.1 Å². The number of hydrogen-bond acceptors (Lipinski definition) is 6. The standard InChI is InChI=1S/C28H36N2O5/c1-18-16-22(35-24(32)13-10-19-8-6-5-7-9-19)25(20-17-29(3)14-15-30(4)27(20)34)26(33)28(2)21(18)11-12-23(28)31/h5-13,18,20-22,25-26,33H,14-17H2,1-4H3/b13-10+/t18-,20?,21+,22-,25-,26+,28+/m1/s1. The molecule has 1 saturated heterocycles. The summed E-state index contributed by atoms with van der Waals surface area (Å²) in [5, 5.41) is 11.8. The van der Waals surface area contributed by atoms with Crippen LogP contribution in [0.5, 0.6) is 0 Å². The summed E-state index contributed by atoms with van der Waals surface area (Å²) in [5.41, 5.74) is -0.190. The van der Waals surface area contributed by atoms with E-state index in [1.807, 2.05) is 50.4 Å². The molecule has 1 saturated carbocycles. The van der Waals surface area contributed by atoms with Gasteiger partial charge in [-0.25, -0.2) is 4.79 Å². The zero-order valence-electron chi connectivity index (χ0n) is 21.0. The summed E-state index contributed by atoms with van der Waals surface area (Å²) >= 11 is 0. The third kappa shape index (κ3) is 4.84. The molecule has 0 radical (unpaired) electrons. The number of allylic oxidation sites excluding steroid dienone is 2. The largest absolute Gasteiger partial charge is 0.459 e. The van der Waals surface area contributed by atoms with Gasteiger partial charge in [-0.2, -0.15) is 0 Å². The Hall–Kier alpha value is -2.77. The highest BCUT2D eigenvalue weighted by atomic mass is 16.5. The number of carbonyl (C=O) groups excluding carboxylic acids is 3. The number of ketones is 1. The number of rotatable bonds is 4. The zero-order chi connectivity index (χ0) is 25.3. The van der Waals surface area contributed by atoms with E-state index in [0.29, 0.717) is 26.1 Å². The number of carbonyl (C=O) groups is 3. The van der Waals surface area contributed by atoms with Gasteiger partial charge in [-0.15, -0.1) is 0 Å². The Bertz CT molecular complexity index is 1020. The lowest BCUT2D eigenvalue weighted by atomic mass is 9.66. The molecule has 3 aliphatic rings. The average Bonchev–Trinajstić information content (AvgIpc) is 3.04. The first-order chi connectivity index (χ1) is 16.6. The third-order valence-corrected chi connectivity index (χ3v) is 8.27. The molecule has 1 unspecified atom stereocenters. The van der Waals surface area contributed by atoms with E-state index < -0.39 is 35.4 Å². The average molecular weight is 481 g/mol. The topological polar surface area (TPSA) is 87.2 Å². The molecule has 1 amide bonds. The normalized spacial score (nSPS) is 36.2. The van der Waals surface area contributed by atoms with Gasteiger partial charge in [0.1, 0.15) is 6.10 Å². The number of likely N-dealkylation sites (N-methyl/N-ethyl adjacent to an activating group) is 2. The van der Waals surface area contributed by atoms with Gasteiger partial charge in [0, 0.05) is 38.7 Å². The summed E-state index contributed by atoms with van der Waals surface area (Å²) in [6.45, 7) is 5.53. The highest BCUT2D eigenvalue weighted by Gasteiger charge is 2.59. The molecule has 4 rings (SSSR count). The first-order valence-corrected chi connectivity index (χ1v) is 12.4. The maximum atomic E-state index is 13.5. The lowest BCUT2D eigenvalue weighted by Gasteiger charge is -2.41. The van der Waals surface area contributed by atoms with Crippen LogP contribution < -0.4 is 0 Å². The monoisotopic (exact) mass is 480 g/mol. The molecular weight excluding hydrogens is 444 g/mol. The van der Waals surface area contributed by atoms with Gasteiger partial charge < -0.3 is 19.6 Å². The number of fused-ring (bicyclic) bond motifs is 1. The van der Waals surface area contributed by atoms with Crippen molar-refractivity contribution < 1.29 is 24.2 Å². The van der Waals surface area contributed by atoms with Crippen LogP contribution in [-0.4, -0.2) is 78.5 Å². The highest BCUT2D eigenvalue weighted by Crippen LogP contribution is 2.52. The second kappa shape index (κ2) is 10.1. The number of hydrogen-bond donors (Lipinski definition) is 1. The Kier molecular flexibility index (Phi) is 7.29. The summed E-state index contributed by atoms with van der Waals surface area (Å²) in [5.74, 6) is -2.26. The molecule has 1 heterocycles. The second-order valence-corrected chi connectivity index (χ2v) is 10.6. The summed E-state index contributed by atoms with van der Waals surface area (Å²) in [7, 11) is 3.71. The van der Waals surface area contributed by atoms with Crippen LogP contribution in [0.4, 0.5) is 0 Å². The van der Waals surface area contributed by atoms with Gasteiger partial charge in [-0.3, -0.25) is 9.59 Å². The van der Waals surface area contributed by atoms with E-state index in [4.69, 9.17) is 4.74 Å². The van der Waals surface area contributed by atoms with Crippen molar-refractivity contribution >= 4 is 23.7 Å². The molecule has 0 spiro atoms. The van der Waals surface area contributed by atoms with Crippen LogP contribution in [0.15, 0.2) is 48.6 Å².